The van der Waals surface area contributed by atoms with E-state index in [-0.39, 0.29) is 24.0 Å². The standard InChI is InChI=1S/C20H29N2O2S.HI/c1-5-22(6-2,7-3)16-18-11-13-20(14-12-18)25(23,24)21-19-10-8-9-17(4)15-19;/h8-15,21H,5-7,16H2,1-4H3;1H/q+1;/p-1. The average molecular weight is 488 g/mol. The number of hydrogen-bond acceptors (Lipinski definition) is 2. The van der Waals surface area contributed by atoms with Crippen LogP contribution in [-0.2, 0) is 16.6 Å². The summed E-state index contributed by atoms with van der Waals surface area (Å²) in [4.78, 5) is 0.292. The first-order chi connectivity index (χ1) is 11.8. The number of quaternary nitrogens is 1. The number of hydrogen-bond donors (Lipinski definition) is 1. The van der Waals surface area contributed by atoms with Gasteiger partial charge in [0.15, 0.2) is 0 Å². The Morgan fingerprint density at radius 1 is 0.923 bits per heavy atom. The Morgan fingerprint density at radius 2 is 1.50 bits per heavy atom. The van der Waals surface area contributed by atoms with E-state index in [0.29, 0.717) is 10.6 Å². The topological polar surface area (TPSA) is 46.2 Å². The molecule has 2 aromatic rings. The molecule has 4 nitrogen and oxygen atoms in total. The molecule has 0 spiro atoms. The maximum absolute atomic E-state index is 12.6. The summed E-state index contributed by atoms with van der Waals surface area (Å²) in [6.07, 6.45) is 0. The zero-order valence-corrected chi connectivity index (χ0v) is 19.0. The van der Waals surface area contributed by atoms with Crippen LogP contribution in [0.1, 0.15) is 31.9 Å². The highest BCUT2D eigenvalue weighted by Crippen LogP contribution is 2.20. The van der Waals surface area contributed by atoms with Gasteiger partial charge in [-0.2, -0.15) is 0 Å². The lowest BCUT2D eigenvalue weighted by molar-refractivity contribution is -0.936. The first-order valence-corrected chi connectivity index (χ1v) is 10.4. The summed E-state index contributed by atoms with van der Waals surface area (Å²) in [6.45, 7) is 12.7. The number of aryl methyl sites for hydroxylation is 1. The quantitative estimate of drug-likeness (QED) is 0.448. The summed E-state index contributed by atoms with van der Waals surface area (Å²) in [7, 11) is -3.56. The second kappa shape index (κ2) is 9.71. The van der Waals surface area contributed by atoms with Crippen LogP contribution in [0.5, 0.6) is 0 Å². The van der Waals surface area contributed by atoms with Crippen LogP contribution in [0.2, 0.25) is 0 Å². The highest BCUT2D eigenvalue weighted by Gasteiger charge is 2.22. The molecule has 0 aromatic heterocycles. The van der Waals surface area contributed by atoms with Crippen molar-refractivity contribution in [2.45, 2.75) is 39.1 Å². The van der Waals surface area contributed by atoms with Gasteiger partial charge in [0.05, 0.1) is 24.5 Å². The molecule has 2 rings (SSSR count). The normalized spacial score (nSPS) is 11.7. The Kier molecular flexibility index (Phi) is 8.56. The van der Waals surface area contributed by atoms with Crippen LogP contribution in [0.3, 0.4) is 0 Å². The molecule has 2 aromatic carbocycles. The molecule has 26 heavy (non-hydrogen) atoms. The van der Waals surface area contributed by atoms with Crippen molar-refractivity contribution in [1.82, 2.24) is 0 Å². The van der Waals surface area contributed by atoms with E-state index in [1.807, 2.05) is 37.3 Å². The first kappa shape index (κ1) is 22.9. The van der Waals surface area contributed by atoms with Gasteiger partial charge in [-0.25, -0.2) is 8.42 Å². The van der Waals surface area contributed by atoms with Crippen LogP contribution >= 0.6 is 0 Å². The second-order valence-electron chi connectivity index (χ2n) is 6.57. The zero-order valence-electron chi connectivity index (χ0n) is 16.0. The van der Waals surface area contributed by atoms with Crippen molar-refractivity contribution < 1.29 is 36.9 Å². The van der Waals surface area contributed by atoms with Crippen molar-refractivity contribution in [2.75, 3.05) is 24.4 Å². The van der Waals surface area contributed by atoms with Crippen LogP contribution in [-0.4, -0.2) is 32.5 Å². The molecule has 0 aliphatic rings. The third kappa shape index (κ3) is 5.69. The summed E-state index contributed by atoms with van der Waals surface area (Å²) in [5.41, 5.74) is 2.77. The largest absolute Gasteiger partial charge is 1.00 e. The number of rotatable bonds is 8. The molecule has 6 heteroatoms. The molecule has 0 fully saturated rings. The van der Waals surface area contributed by atoms with Gasteiger partial charge < -0.3 is 28.5 Å². The van der Waals surface area contributed by atoms with E-state index in [0.717, 1.165) is 36.2 Å². The Morgan fingerprint density at radius 3 is 2.00 bits per heavy atom. The Hall–Kier alpha value is -1.12. The summed E-state index contributed by atoms with van der Waals surface area (Å²) in [5.74, 6) is 0. The van der Waals surface area contributed by atoms with Crippen LogP contribution in [0.4, 0.5) is 5.69 Å². The number of anilines is 1. The first-order valence-electron chi connectivity index (χ1n) is 8.87. The zero-order chi connectivity index (χ0) is 18.5. The number of halogens is 1. The van der Waals surface area contributed by atoms with Gasteiger partial charge >= 0.3 is 0 Å². The van der Waals surface area contributed by atoms with Crippen LogP contribution in [0.15, 0.2) is 53.4 Å². The lowest BCUT2D eigenvalue weighted by atomic mass is 10.2. The van der Waals surface area contributed by atoms with Gasteiger partial charge in [-0.3, -0.25) is 4.72 Å². The third-order valence-electron chi connectivity index (χ3n) is 5.03. The third-order valence-corrected chi connectivity index (χ3v) is 6.43. The summed E-state index contributed by atoms with van der Waals surface area (Å²) < 4.78 is 28.8. The predicted octanol–water partition coefficient (Wildman–Crippen LogP) is 1.18. The van der Waals surface area contributed by atoms with E-state index >= 15 is 0 Å². The minimum absolute atomic E-state index is 0. The maximum atomic E-state index is 12.6. The minimum atomic E-state index is -3.56. The predicted molar refractivity (Wildman–Crippen MR) is 104 cm³/mol. The van der Waals surface area contributed by atoms with E-state index in [2.05, 4.69) is 25.5 Å². The summed E-state index contributed by atoms with van der Waals surface area (Å²) >= 11 is 0. The number of nitrogens with one attached hydrogen (secondary N) is 1. The Labute approximate surface area is 175 Å². The fourth-order valence-corrected chi connectivity index (χ4v) is 4.14. The number of benzene rings is 2. The molecule has 0 bridgehead atoms. The van der Waals surface area contributed by atoms with Gasteiger partial charge in [0.25, 0.3) is 10.0 Å². The maximum Gasteiger partial charge on any atom is 0.261 e. The van der Waals surface area contributed by atoms with Crippen molar-refractivity contribution >= 4 is 15.7 Å². The highest BCUT2D eigenvalue weighted by molar-refractivity contribution is 7.92. The molecule has 0 aliphatic carbocycles. The molecule has 144 valence electrons. The Balaban J connectivity index is 0.00000338. The fourth-order valence-electron chi connectivity index (χ4n) is 3.09. The van der Waals surface area contributed by atoms with Crippen LogP contribution < -0.4 is 28.7 Å². The highest BCUT2D eigenvalue weighted by atomic mass is 127. The van der Waals surface area contributed by atoms with E-state index < -0.39 is 10.0 Å². The van der Waals surface area contributed by atoms with Crippen molar-refractivity contribution in [3.63, 3.8) is 0 Å². The minimum Gasteiger partial charge on any atom is -1.00 e. The summed E-state index contributed by atoms with van der Waals surface area (Å²) in [5, 5.41) is 0. The molecule has 0 unspecified atom stereocenters. The van der Waals surface area contributed by atoms with Gasteiger partial charge in [0.1, 0.15) is 6.54 Å². The smallest absolute Gasteiger partial charge is 0.261 e. The number of nitrogens with zero attached hydrogens (tertiary/aromatic N) is 1. The molecule has 0 saturated heterocycles. The monoisotopic (exact) mass is 488 g/mol. The van der Waals surface area contributed by atoms with Crippen molar-refractivity contribution in [3.05, 3.63) is 59.7 Å². The van der Waals surface area contributed by atoms with Gasteiger partial charge in [0.2, 0.25) is 0 Å². The fraction of sp³-hybridized carbons (Fsp3) is 0.400. The van der Waals surface area contributed by atoms with Gasteiger partial charge in [-0.05, 0) is 57.5 Å². The van der Waals surface area contributed by atoms with Crippen molar-refractivity contribution in [1.29, 1.82) is 0 Å². The van der Waals surface area contributed by atoms with Crippen molar-refractivity contribution in [3.8, 4) is 0 Å². The molecule has 0 amide bonds. The Bertz CT molecular complexity index is 793. The SMILES string of the molecule is CC[N+](CC)(CC)Cc1ccc(S(=O)(=O)Nc2cccc(C)c2)cc1.[I-]. The lowest BCUT2D eigenvalue weighted by Gasteiger charge is -2.35. The summed E-state index contributed by atoms with van der Waals surface area (Å²) in [6, 6.07) is 14.6. The van der Waals surface area contributed by atoms with Crippen LogP contribution in [0.25, 0.3) is 0 Å². The molecule has 0 atom stereocenters. The van der Waals surface area contributed by atoms with Crippen molar-refractivity contribution in [2.24, 2.45) is 0 Å². The van der Waals surface area contributed by atoms with Gasteiger partial charge in [0, 0.05) is 11.3 Å². The van der Waals surface area contributed by atoms with Crippen LogP contribution in [0, 0.1) is 6.92 Å². The molecular formula is C20H29IN2O2S. The average Bonchev–Trinajstić information content (AvgIpc) is 2.60. The van der Waals surface area contributed by atoms with E-state index in [1.54, 1.807) is 18.2 Å². The molecule has 0 heterocycles. The molecule has 1 N–H and O–H groups in total. The lowest BCUT2D eigenvalue weighted by Crippen LogP contribution is -3.00. The van der Waals surface area contributed by atoms with E-state index in [4.69, 9.17) is 0 Å². The molecular weight excluding hydrogens is 459 g/mol. The van der Waals surface area contributed by atoms with Gasteiger partial charge in [-0.15, -0.1) is 0 Å². The second-order valence-corrected chi connectivity index (χ2v) is 8.25. The molecule has 0 saturated carbocycles. The number of sulfonamides is 1. The van der Waals surface area contributed by atoms with E-state index in [1.165, 1.54) is 5.56 Å². The molecule has 0 aliphatic heterocycles. The molecule has 0 radical (unpaired) electrons. The van der Waals surface area contributed by atoms with Gasteiger partial charge in [-0.1, -0.05) is 24.3 Å². The van der Waals surface area contributed by atoms with E-state index in [9.17, 15) is 8.42 Å².